The maximum atomic E-state index is 12.0. The van der Waals surface area contributed by atoms with Gasteiger partial charge in [0, 0.05) is 18.2 Å². The minimum atomic E-state index is -3.47. The van der Waals surface area contributed by atoms with Gasteiger partial charge in [0.05, 0.1) is 0 Å². The Hall–Kier alpha value is -1.70. The standard InChI is InChI=1S/C16H20N2O3S2/c1-3-12(2)18-16(19)14-8-6-13(7-9-14)11-17-23(20,21)15-5-4-10-22-15/h4-10,12,17H,3,11H2,1-2H3,(H,18,19). The molecule has 1 atom stereocenters. The third kappa shape index (κ3) is 4.89. The summed E-state index contributed by atoms with van der Waals surface area (Å²) in [6.45, 7) is 4.15. The lowest BCUT2D eigenvalue weighted by atomic mass is 10.1. The van der Waals surface area contributed by atoms with Crippen molar-refractivity contribution in [1.82, 2.24) is 10.0 Å². The first-order valence-corrected chi connectivity index (χ1v) is 9.71. The predicted octanol–water partition coefficient (Wildman–Crippen LogP) is 2.75. The highest BCUT2D eigenvalue weighted by molar-refractivity contribution is 7.91. The van der Waals surface area contributed by atoms with E-state index in [1.54, 1.807) is 41.8 Å². The van der Waals surface area contributed by atoms with Crippen LogP contribution < -0.4 is 10.0 Å². The largest absolute Gasteiger partial charge is 0.350 e. The number of thiophene rings is 1. The monoisotopic (exact) mass is 352 g/mol. The number of benzene rings is 1. The molecule has 0 aliphatic heterocycles. The Morgan fingerprint density at radius 2 is 1.91 bits per heavy atom. The van der Waals surface area contributed by atoms with Crippen LogP contribution >= 0.6 is 11.3 Å². The highest BCUT2D eigenvalue weighted by Crippen LogP contribution is 2.16. The summed E-state index contributed by atoms with van der Waals surface area (Å²) in [5.74, 6) is -0.120. The zero-order valence-electron chi connectivity index (χ0n) is 13.1. The lowest BCUT2D eigenvalue weighted by molar-refractivity contribution is 0.0939. The number of carbonyl (C=O) groups is 1. The van der Waals surface area contributed by atoms with Crippen LogP contribution in [0.15, 0.2) is 46.0 Å². The van der Waals surface area contributed by atoms with E-state index < -0.39 is 10.0 Å². The van der Waals surface area contributed by atoms with Crippen molar-refractivity contribution in [3.05, 3.63) is 52.9 Å². The third-order valence-corrected chi connectivity index (χ3v) is 6.23. The van der Waals surface area contributed by atoms with Crippen LogP contribution in [0.3, 0.4) is 0 Å². The summed E-state index contributed by atoms with van der Waals surface area (Å²) in [6, 6.07) is 10.3. The van der Waals surface area contributed by atoms with Crippen molar-refractivity contribution < 1.29 is 13.2 Å². The van der Waals surface area contributed by atoms with E-state index in [0.717, 1.165) is 12.0 Å². The molecule has 7 heteroatoms. The van der Waals surface area contributed by atoms with Crippen molar-refractivity contribution in [3.63, 3.8) is 0 Å². The van der Waals surface area contributed by atoms with E-state index in [4.69, 9.17) is 0 Å². The van der Waals surface area contributed by atoms with E-state index >= 15 is 0 Å². The number of sulfonamides is 1. The van der Waals surface area contributed by atoms with Crippen molar-refractivity contribution in [2.75, 3.05) is 0 Å². The van der Waals surface area contributed by atoms with Crippen molar-refractivity contribution in [3.8, 4) is 0 Å². The fraction of sp³-hybridized carbons (Fsp3) is 0.312. The number of rotatable bonds is 7. The van der Waals surface area contributed by atoms with E-state index in [-0.39, 0.29) is 18.5 Å². The normalized spacial score (nSPS) is 12.8. The maximum Gasteiger partial charge on any atom is 0.251 e. The van der Waals surface area contributed by atoms with Gasteiger partial charge in [-0.25, -0.2) is 13.1 Å². The summed E-state index contributed by atoms with van der Waals surface area (Å²) in [5, 5.41) is 4.61. The minimum Gasteiger partial charge on any atom is -0.350 e. The Kier molecular flexibility index (Phi) is 5.92. The molecule has 2 aromatic rings. The smallest absolute Gasteiger partial charge is 0.251 e. The van der Waals surface area contributed by atoms with Crippen LogP contribution in [0, 0.1) is 0 Å². The predicted molar refractivity (Wildman–Crippen MR) is 92.0 cm³/mol. The number of nitrogens with one attached hydrogen (secondary N) is 2. The molecule has 1 aromatic heterocycles. The second-order valence-corrected chi connectivity index (χ2v) is 8.18. The SMILES string of the molecule is CCC(C)NC(=O)c1ccc(CNS(=O)(=O)c2cccs2)cc1. The molecule has 1 unspecified atom stereocenters. The Labute approximate surface area is 140 Å². The van der Waals surface area contributed by atoms with Gasteiger partial charge >= 0.3 is 0 Å². The zero-order valence-corrected chi connectivity index (χ0v) is 14.7. The molecule has 0 saturated heterocycles. The van der Waals surface area contributed by atoms with Gasteiger partial charge in [-0.3, -0.25) is 4.79 Å². The second kappa shape index (κ2) is 7.72. The van der Waals surface area contributed by atoms with Crippen LogP contribution in [-0.4, -0.2) is 20.4 Å². The van der Waals surface area contributed by atoms with Gasteiger partial charge in [0.1, 0.15) is 4.21 Å². The van der Waals surface area contributed by atoms with Crippen LogP contribution in [0.4, 0.5) is 0 Å². The fourth-order valence-corrected chi connectivity index (χ4v) is 3.90. The molecule has 5 nitrogen and oxygen atoms in total. The zero-order chi connectivity index (χ0) is 16.9. The summed E-state index contributed by atoms with van der Waals surface area (Å²) in [6.07, 6.45) is 0.869. The Morgan fingerprint density at radius 1 is 1.22 bits per heavy atom. The Bertz CT molecular complexity index is 738. The molecular weight excluding hydrogens is 332 g/mol. The number of carbonyl (C=O) groups excluding carboxylic acids is 1. The quantitative estimate of drug-likeness (QED) is 0.804. The summed E-state index contributed by atoms with van der Waals surface area (Å²) in [4.78, 5) is 12.0. The van der Waals surface area contributed by atoms with Crippen molar-refractivity contribution in [1.29, 1.82) is 0 Å². The molecule has 0 fully saturated rings. The Balaban J connectivity index is 1.97. The molecule has 0 aliphatic carbocycles. The number of hydrogen-bond acceptors (Lipinski definition) is 4. The molecular formula is C16H20N2O3S2. The van der Waals surface area contributed by atoms with E-state index in [2.05, 4.69) is 10.0 Å². The molecule has 0 aliphatic rings. The van der Waals surface area contributed by atoms with Gasteiger partial charge in [-0.05, 0) is 42.5 Å². The topological polar surface area (TPSA) is 75.3 Å². The lowest BCUT2D eigenvalue weighted by Gasteiger charge is -2.11. The van der Waals surface area contributed by atoms with Gasteiger partial charge in [0.2, 0.25) is 10.0 Å². The highest BCUT2D eigenvalue weighted by Gasteiger charge is 2.14. The summed E-state index contributed by atoms with van der Waals surface area (Å²) in [7, 11) is -3.47. The highest BCUT2D eigenvalue weighted by atomic mass is 32.2. The van der Waals surface area contributed by atoms with Gasteiger partial charge in [-0.15, -0.1) is 11.3 Å². The second-order valence-electron chi connectivity index (χ2n) is 5.24. The molecule has 124 valence electrons. The van der Waals surface area contributed by atoms with Gasteiger partial charge < -0.3 is 5.32 Å². The lowest BCUT2D eigenvalue weighted by Crippen LogP contribution is -2.31. The molecule has 0 radical (unpaired) electrons. The number of amides is 1. The molecule has 0 bridgehead atoms. The van der Waals surface area contributed by atoms with Crippen LogP contribution in [0.1, 0.15) is 36.2 Å². The van der Waals surface area contributed by atoms with Gasteiger partial charge in [0.15, 0.2) is 0 Å². The Morgan fingerprint density at radius 3 is 2.48 bits per heavy atom. The molecule has 1 amide bonds. The van der Waals surface area contributed by atoms with E-state index in [1.807, 2.05) is 13.8 Å². The first-order chi connectivity index (χ1) is 10.9. The van der Waals surface area contributed by atoms with Crippen LogP contribution in [-0.2, 0) is 16.6 Å². The minimum absolute atomic E-state index is 0.120. The first-order valence-electron chi connectivity index (χ1n) is 7.35. The molecule has 0 spiro atoms. The average molecular weight is 352 g/mol. The molecule has 2 N–H and O–H groups in total. The molecule has 0 saturated carbocycles. The van der Waals surface area contributed by atoms with Crippen LogP contribution in [0.25, 0.3) is 0 Å². The van der Waals surface area contributed by atoms with Gasteiger partial charge in [-0.2, -0.15) is 0 Å². The fourth-order valence-electron chi connectivity index (χ4n) is 1.85. The first kappa shape index (κ1) is 17.7. The van der Waals surface area contributed by atoms with Crippen LogP contribution in [0.2, 0.25) is 0 Å². The third-order valence-electron chi connectivity index (χ3n) is 3.43. The number of hydrogen-bond donors (Lipinski definition) is 2. The summed E-state index contributed by atoms with van der Waals surface area (Å²) in [5.41, 5.74) is 1.36. The van der Waals surface area contributed by atoms with Gasteiger partial charge in [-0.1, -0.05) is 25.1 Å². The molecule has 1 aromatic carbocycles. The molecule has 23 heavy (non-hydrogen) atoms. The average Bonchev–Trinajstić information content (AvgIpc) is 3.08. The summed E-state index contributed by atoms with van der Waals surface area (Å²) < 4.78 is 26.9. The summed E-state index contributed by atoms with van der Waals surface area (Å²) >= 11 is 1.18. The van der Waals surface area contributed by atoms with Crippen molar-refractivity contribution in [2.24, 2.45) is 0 Å². The van der Waals surface area contributed by atoms with Crippen molar-refractivity contribution in [2.45, 2.75) is 37.1 Å². The van der Waals surface area contributed by atoms with E-state index in [1.165, 1.54) is 11.3 Å². The van der Waals surface area contributed by atoms with E-state index in [0.29, 0.717) is 9.77 Å². The van der Waals surface area contributed by atoms with E-state index in [9.17, 15) is 13.2 Å². The molecule has 2 rings (SSSR count). The molecule has 1 heterocycles. The maximum absolute atomic E-state index is 12.0. The van der Waals surface area contributed by atoms with Crippen molar-refractivity contribution >= 4 is 27.3 Å². The van der Waals surface area contributed by atoms with Gasteiger partial charge in [0.25, 0.3) is 5.91 Å². The van der Waals surface area contributed by atoms with Crippen LogP contribution in [0.5, 0.6) is 0 Å².